The van der Waals surface area contributed by atoms with Gasteiger partial charge in [0.15, 0.2) is 0 Å². The number of imidazole rings is 1. The summed E-state index contributed by atoms with van der Waals surface area (Å²) in [6.07, 6.45) is -7.99. The third-order valence-corrected chi connectivity index (χ3v) is 6.70. The minimum absolute atomic E-state index is 0.184. The lowest BCUT2D eigenvalue weighted by Crippen LogP contribution is -2.44. The minimum Gasteiger partial charge on any atom is -0.494 e. The van der Waals surface area contributed by atoms with Crippen molar-refractivity contribution >= 4 is 16.9 Å². The Morgan fingerprint density at radius 3 is 2.33 bits per heavy atom. The second-order valence-corrected chi connectivity index (χ2v) is 9.69. The van der Waals surface area contributed by atoms with Gasteiger partial charge in [0, 0.05) is 24.1 Å². The molecule has 1 aromatic heterocycles. The van der Waals surface area contributed by atoms with E-state index >= 15 is 0 Å². The van der Waals surface area contributed by atoms with E-state index in [4.69, 9.17) is 9.72 Å². The Morgan fingerprint density at radius 1 is 1.10 bits per heavy atom. The number of carbonyl (C=O) groups excluding carboxylic acids is 1. The van der Waals surface area contributed by atoms with Gasteiger partial charge in [0.05, 0.1) is 17.6 Å². The number of alkyl halides is 6. The molecule has 0 spiro atoms. The van der Waals surface area contributed by atoms with Gasteiger partial charge in [0.2, 0.25) is 0 Å². The second kappa shape index (κ2) is 11.4. The lowest BCUT2D eigenvalue weighted by Gasteiger charge is -2.25. The van der Waals surface area contributed by atoms with Crippen LogP contribution in [0.2, 0.25) is 0 Å². The highest BCUT2D eigenvalue weighted by Crippen LogP contribution is 2.31. The zero-order valence-electron chi connectivity index (χ0n) is 21.6. The van der Waals surface area contributed by atoms with E-state index in [1.54, 1.807) is 0 Å². The molecule has 0 radical (unpaired) electrons. The van der Waals surface area contributed by atoms with Gasteiger partial charge >= 0.3 is 12.4 Å². The predicted molar refractivity (Wildman–Crippen MR) is 134 cm³/mol. The van der Waals surface area contributed by atoms with E-state index in [2.05, 4.69) is 5.32 Å². The van der Waals surface area contributed by atoms with Crippen LogP contribution in [0, 0.1) is 0 Å². The summed E-state index contributed by atoms with van der Waals surface area (Å²) < 4.78 is 85.5. The summed E-state index contributed by atoms with van der Waals surface area (Å²) in [4.78, 5) is 17.3. The minimum atomic E-state index is -4.98. The van der Waals surface area contributed by atoms with E-state index in [1.165, 1.54) is 18.2 Å². The van der Waals surface area contributed by atoms with Crippen molar-refractivity contribution in [2.75, 3.05) is 26.2 Å². The monoisotopic (exact) mass is 556 g/mol. The third-order valence-electron chi connectivity index (χ3n) is 6.70. The molecule has 1 aliphatic heterocycles. The normalized spacial score (nSPS) is 17.0. The molecule has 0 saturated carbocycles. The summed E-state index contributed by atoms with van der Waals surface area (Å²) in [5.74, 6) is -0.155. The van der Waals surface area contributed by atoms with Crippen molar-refractivity contribution < 1.29 is 35.9 Å². The molecule has 0 aliphatic carbocycles. The van der Waals surface area contributed by atoms with Gasteiger partial charge in [-0.3, -0.25) is 4.79 Å². The molecule has 212 valence electrons. The average molecular weight is 557 g/mol. The number of nitrogens with zero attached hydrogens (tertiary/aromatic N) is 3. The number of amides is 1. The largest absolute Gasteiger partial charge is 0.494 e. The van der Waals surface area contributed by atoms with Gasteiger partial charge in [-0.25, -0.2) is 4.98 Å². The topological polar surface area (TPSA) is 59.4 Å². The first kappa shape index (κ1) is 28.7. The average Bonchev–Trinajstić information content (AvgIpc) is 3.50. The van der Waals surface area contributed by atoms with Gasteiger partial charge in [0.1, 0.15) is 24.7 Å². The number of fused-ring (bicyclic) bond motifs is 1. The van der Waals surface area contributed by atoms with Gasteiger partial charge in [-0.05, 0) is 62.2 Å². The Morgan fingerprint density at radius 2 is 1.77 bits per heavy atom. The second-order valence-electron chi connectivity index (χ2n) is 9.69. The van der Waals surface area contributed by atoms with E-state index in [-0.39, 0.29) is 22.4 Å². The van der Waals surface area contributed by atoms with Crippen LogP contribution in [0.15, 0.2) is 42.5 Å². The van der Waals surface area contributed by atoms with Gasteiger partial charge in [-0.2, -0.15) is 26.3 Å². The van der Waals surface area contributed by atoms with Gasteiger partial charge in [-0.1, -0.05) is 19.1 Å². The lowest BCUT2D eigenvalue weighted by atomic mass is 10.00. The molecule has 3 aromatic rings. The summed E-state index contributed by atoms with van der Waals surface area (Å²) in [7, 11) is 0. The predicted octanol–water partition coefficient (Wildman–Crippen LogP) is 5.91. The number of carbonyl (C=O) groups is 1. The molecule has 1 aliphatic rings. The number of aromatic nitrogens is 2. The zero-order chi connectivity index (χ0) is 28.4. The highest BCUT2D eigenvalue weighted by atomic mass is 19.4. The third kappa shape index (κ3) is 7.23. The van der Waals surface area contributed by atoms with E-state index in [0.29, 0.717) is 30.0 Å². The smallest absolute Gasteiger partial charge is 0.406 e. The SMILES string of the molecule is CCOc1ccc(C(C)c2nc3cc(C(=O)N(CC(F)(F)F)CC(F)(F)F)ccc3n2C[C@H]2CCCN2)cc1. The summed E-state index contributed by atoms with van der Waals surface area (Å²) in [6.45, 7) is 1.83. The van der Waals surface area contributed by atoms with Crippen LogP contribution in [0.1, 0.15) is 54.4 Å². The maximum atomic E-state index is 13.0. The first-order valence-corrected chi connectivity index (χ1v) is 12.7. The molecule has 1 amide bonds. The number of rotatable bonds is 9. The van der Waals surface area contributed by atoms with Gasteiger partial charge in [0.25, 0.3) is 5.91 Å². The number of hydrogen-bond acceptors (Lipinski definition) is 4. The molecular formula is C27H30F6N4O2. The zero-order valence-corrected chi connectivity index (χ0v) is 21.6. The van der Waals surface area contributed by atoms with Crippen molar-refractivity contribution in [3.63, 3.8) is 0 Å². The van der Waals surface area contributed by atoms with E-state index in [0.717, 1.165) is 30.7 Å². The Hall–Kier alpha value is -3.28. The summed E-state index contributed by atoms with van der Waals surface area (Å²) in [5.41, 5.74) is 1.63. The number of hydrogen-bond donors (Lipinski definition) is 1. The van der Waals surface area contributed by atoms with Crippen LogP contribution in [0.4, 0.5) is 26.3 Å². The molecule has 1 unspecified atom stereocenters. The number of nitrogens with one attached hydrogen (secondary N) is 1. The summed E-state index contributed by atoms with van der Waals surface area (Å²) in [5, 5.41) is 3.44. The molecule has 2 heterocycles. The molecule has 1 fully saturated rings. The molecule has 4 rings (SSSR count). The van der Waals surface area contributed by atoms with Crippen molar-refractivity contribution in [3.8, 4) is 5.75 Å². The van der Waals surface area contributed by atoms with Crippen molar-refractivity contribution in [1.29, 1.82) is 0 Å². The van der Waals surface area contributed by atoms with Crippen LogP contribution in [0.3, 0.4) is 0 Å². The Balaban J connectivity index is 1.72. The van der Waals surface area contributed by atoms with Crippen LogP contribution < -0.4 is 10.1 Å². The molecule has 2 aromatic carbocycles. The highest BCUT2D eigenvalue weighted by Gasteiger charge is 2.40. The van der Waals surface area contributed by atoms with E-state index < -0.39 is 31.3 Å². The Bertz CT molecular complexity index is 1260. The molecule has 6 nitrogen and oxygen atoms in total. The molecule has 1 saturated heterocycles. The standard InChI is InChI=1S/C27H30F6N4O2/c1-3-39-21-9-6-18(7-10-21)17(2)24-35-22-13-19(8-11-23(22)37(24)14-20-5-4-12-34-20)25(38)36(15-26(28,29)30)16-27(31,32)33/h6-11,13,17,20,34H,3-5,12,14-16H2,1-2H3/t17?,20-/m1/s1. The quantitative estimate of drug-likeness (QED) is 0.333. The fraction of sp³-hybridized carbons (Fsp3) is 0.481. The first-order valence-electron chi connectivity index (χ1n) is 12.7. The van der Waals surface area contributed by atoms with E-state index in [9.17, 15) is 31.1 Å². The van der Waals surface area contributed by atoms with Crippen LogP contribution in [-0.4, -0.2) is 65.0 Å². The van der Waals surface area contributed by atoms with E-state index in [1.807, 2.05) is 42.7 Å². The molecule has 39 heavy (non-hydrogen) atoms. The molecule has 12 heteroatoms. The van der Waals surface area contributed by atoms with Crippen molar-refractivity contribution in [1.82, 2.24) is 19.8 Å². The summed E-state index contributed by atoms with van der Waals surface area (Å²) in [6, 6.07) is 11.8. The Labute approximate surface area is 221 Å². The van der Waals surface area contributed by atoms with Gasteiger partial charge < -0.3 is 19.5 Å². The number of halogens is 6. The lowest BCUT2D eigenvalue weighted by molar-refractivity contribution is -0.171. The number of benzene rings is 2. The molecular weight excluding hydrogens is 526 g/mol. The van der Waals surface area contributed by atoms with Crippen molar-refractivity contribution in [2.24, 2.45) is 0 Å². The fourth-order valence-corrected chi connectivity index (χ4v) is 4.92. The molecule has 0 bridgehead atoms. The molecule has 2 atom stereocenters. The van der Waals surface area contributed by atoms with Crippen LogP contribution in [0.25, 0.3) is 11.0 Å². The van der Waals surface area contributed by atoms with Crippen molar-refractivity contribution in [3.05, 3.63) is 59.4 Å². The maximum Gasteiger partial charge on any atom is 0.406 e. The number of ether oxygens (including phenoxy) is 1. The maximum absolute atomic E-state index is 13.0. The molecule has 1 N–H and O–H groups in total. The van der Waals surface area contributed by atoms with Crippen LogP contribution in [0.5, 0.6) is 5.75 Å². The van der Waals surface area contributed by atoms with Gasteiger partial charge in [-0.15, -0.1) is 0 Å². The fourth-order valence-electron chi connectivity index (χ4n) is 4.92. The van der Waals surface area contributed by atoms with Crippen LogP contribution in [-0.2, 0) is 6.54 Å². The highest BCUT2D eigenvalue weighted by molar-refractivity contribution is 5.97. The van der Waals surface area contributed by atoms with Crippen LogP contribution >= 0.6 is 0 Å². The Kier molecular flexibility index (Phi) is 8.43. The van der Waals surface area contributed by atoms with Crippen molar-refractivity contribution in [2.45, 2.75) is 57.5 Å². The first-order chi connectivity index (χ1) is 18.3. The summed E-state index contributed by atoms with van der Waals surface area (Å²) >= 11 is 0.